The van der Waals surface area contributed by atoms with Crippen molar-refractivity contribution in [3.05, 3.63) is 29.3 Å². The first-order valence-electron chi connectivity index (χ1n) is 8.86. The van der Waals surface area contributed by atoms with Crippen molar-refractivity contribution in [2.45, 2.75) is 70.6 Å². The molecule has 1 aliphatic carbocycles. The second kappa shape index (κ2) is 8.32. The molecule has 0 radical (unpaired) electrons. The molecule has 5 heteroatoms. The van der Waals surface area contributed by atoms with E-state index >= 15 is 0 Å². The van der Waals surface area contributed by atoms with Gasteiger partial charge in [0.1, 0.15) is 0 Å². The molecule has 134 valence electrons. The first-order chi connectivity index (χ1) is 11.0. The lowest BCUT2D eigenvalue weighted by atomic mass is 9.91. The van der Waals surface area contributed by atoms with Gasteiger partial charge in [-0.3, -0.25) is 9.69 Å². The summed E-state index contributed by atoms with van der Waals surface area (Å²) in [6.07, 6.45) is 5.64. The largest absolute Gasteiger partial charge is 0.393 e. The number of rotatable bonds is 3. The van der Waals surface area contributed by atoms with Crippen LogP contribution in [0.1, 0.15) is 49.7 Å². The van der Waals surface area contributed by atoms with Crippen LogP contribution >= 0.6 is 12.4 Å². The highest BCUT2D eigenvalue weighted by molar-refractivity contribution is 5.95. The molecule has 3 rings (SSSR count). The van der Waals surface area contributed by atoms with Gasteiger partial charge >= 0.3 is 0 Å². The van der Waals surface area contributed by atoms with Crippen molar-refractivity contribution in [2.75, 3.05) is 11.9 Å². The molecule has 0 unspecified atom stereocenters. The van der Waals surface area contributed by atoms with Gasteiger partial charge in [0.25, 0.3) is 0 Å². The monoisotopic (exact) mass is 352 g/mol. The second-order valence-electron chi connectivity index (χ2n) is 7.22. The Morgan fingerprint density at radius 2 is 1.71 bits per heavy atom. The van der Waals surface area contributed by atoms with Gasteiger partial charge in [-0.05, 0) is 82.2 Å². The number of carbonyl (C=O) groups excluding carboxylic acids is 1. The summed E-state index contributed by atoms with van der Waals surface area (Å²) in [7, 11) is 0. The summed E-state index contributed by atoms with van der Waals surface area (Å²) in [4.78, 5) is 15.1. The van der Waals surface area contributed by atoms with Crippen LogP contribution in [0.5, 0.6) is 0 Å². The molecule has 2 N–H and O–H groups in total. The topological polar surface area (TPSA) is 52.6 Å². The molecular weight excluding hydrogens is 324 g/mol. The third-order valence-corrected chi connectivity index (χ3v) is 5.22. The number of amides is 1. The zero-order valence-corrected chi connectivity index (χ0v) is 15.4. The summed E-state index contributed by atoms with van der Waals surface area (Å²) in [5.74, 6) is 0.124. The van der Waals surface area contributed by atoms with E-state index < -0.39 is 0 Å². The fraction of sp³-hybridized carbons (Fsp3) is 0.632. The Labute approximate surface area is 151 Å². The Hall–Kier alpha value is -1.10. The maximum absolute atomic E-state index is 12.8. The van der Waals surface area contributed by atoms with Gasteiger partial charge in [0.05, 0.1) is 12.1 Å². The maximum atomic E-state index is 12.8. The minimum absolute atomic E-state index is 0. The number of aliphatic hydroxyl groups excluding tert-OH is 1. The molecule has 2 aliphatic rings. The van der Waals surface area contributed by atoms with Crippen LogP contribution in [0.4, 0.5) is 5.69 Å². The van der Waals surface area contributed by atoms with Crippen molar-refractivity contribution in [3.8, 4) is 0 Å². The highest BCUT2D eigenvalue weighted by Gasteiger charge is 2.36. The molecule has 1 saturated heterocycles. The average Bonchev–Trinajstić information content (AvgIpc) is 2.96. The van der Waals surface area contributed by atoms with E-state index in [9.17, 15) is 9.90 Å². The highest BCUT2D eigenvalue weighted by atomic mass is 35.5. The van der Waals surface area contributed by atoms with Gasteiger partial charge in [-0.2, -0.15) is 0 Å². The minimum Gasteiger partial charge on any atom is -0.393 e. The molecule has 0 spiro atoms. The molecule has 1 amide bonds. The van der Waals surface area contributed by atoms with E-state index in [-0.39, 0.29) is 30.5 Å². The van der Waals surface area contributed by atoms with Crippen LogP contribution in [0.3, 0.4) is 0 Å². The number of hydrogen-bond donors (Lipinski definition) is 2. The number of benzene rings is 1. The van der Waals surface area contributed by atoms with Crippen LogP contribution in [-0.4, -0.2) is 40.6 Å². The van der Waals surface area contributed by atoms with Crippen LogP contribution in [0.2, 0.25) is 0 Å². The van der Waals surface area contributed by atoms with E-state index in [1.807, 2.05) is 12.1 Å². The van der Waals surface area contributed by atoms with Gasteiger partial charge in [-0.25, -0.2) is 0 Å². The van der Waals surface area contributed by atoms with E-state index in [4.69, 9.17) is 0 Å². The van der Waals surface area contributed by atoms with E-state index in [1.54, 1.807) is 0 Å². The standard InChI is InChI=1S/C19H28N2O2.ClH/c1-13-10-14(2)12-15(11-13)20-19(23)18-4-3-9-21(18)16-5-7-17(22)8-6-16;/h10-12,16-18,22H,3-9H2,1-2H3,(H,20,23);1H/t16?,17?,18-;/m0./s1. The molecule has 1 aliphatic heterocycles. The number of carbonyl (C=O) groups is 1. The lowest BCUT2D eigenvalue weighted by molar-refractivity contribution is -0.121. The number of likely N-dealkylation sites (tertiary alicyclic amines) is 1. The van der Waals surface area contributed by atoms with Crippen LogP contribution in [-0.2, 0) is 4.79 Å². The van der Waals surface area contributed by atoms with Gasteiger partial charge in [0.2, 0.25) is 5.91 Å². The number of halogens is 1. The van der Waals surface area contributed by atoms with Crippen LogP contribution in [0, 0.1) is 13.8 Å². The fourth-order valence-corrected chi connectivity index (χ4v) is 4.17. The fourth-order valence-electron chi connectivity index (χ4n) is 4.17. The Morgan fingerprint density at radius 1 is 1.08 bits per heavy atom. The third-order valence-electron chi connectivity index (χ3n) is 5.22. The van der Waals surface area contributed by atoms with Crippen molar-refractivity contribution >= 4 is 24.0 Å². The van der Waals surface area contributed by atoms with Crippen LogP contribution in [0.15, 0.2) is 18.2 Å². The van der Waals surface area contributed by atoms with Crippen molar-refractivity contribution in [2.24, 2.45) is 0 Å². The molecule has 4 nitrogen and oxygen atoms in total. The number of anilines is 1. The molecule has 1 aromatic carbocycles. The summed E-state index contributed by atoms with van der Waals surface area (Å²) in [5, 5.41) is 12.8. The molecule has 1 atom stereocenters. The smallest absolute Gasteiger partial charge is 0.241 e. The summed E-state index contributed by atoms with van der Waals surface area (Å²) in [6, 6.07) is 6.61. The second-order valence-corrected chi connectivity index (χ2v) is 7.22. The van der Waals surface area contributed by atoms with E-state index in [1.165, 1.54) is 11.1 Å². The molecule has 1 heterocycles. The molecular formula is C19H29ClN2O2. The molecule has 0 bridgehead atoms. The zero-order valence-electron chi connectivity index (χ0n) is 14.6. The van der Waals surface area contributed by atoms with Crippen molar-refractivity contribution in [3.63, 3.8) is 0 Å². The lowest BCUT2D eigenvalue weighted by Gasteiger charge is -2.36. The van der Waals surface area contributed by atoms with Crippen molar-refractivity contribution < 1.29 is 9.90 Å². The minimum atomic E-state index is -0.142. The number of hydrogen-bond acceptors (Lipinski definition) is 3. The third kappa shape index (κ3) is 4.50. The average molecular weight is 353 g/mol. The Bertz CT molecular complexity index is 550. The lowest BCUT2D eigenvalue weighted by Crippen LogP contribution is -2.47. The summed E-state index contributed by atoms with van der Waals surface area (Å²) in [6.45, 7) is 5.11. The number of aryl methyl sites for hydroxylation is 2. The van der Waals surface area contributed by atoms with Crippen LogP contribution in [0.25, 0.3) is 0 Å². The Morgan fingerprint density at radius 3 is 2.33 bits per heavy atom. The number of aliphatic hydroxyl groups is 1. The van der Waals surface area contributed by atoms with Crippen molar-refractivity contribution in [1.82, 2.24) is 4.90 Å². The predicted octanol–water partition coefficient (Wildman–Crippen LogP) is 3.43. The van der Waals surface area contributed by atoms with E-state index in [0.717, 1.165) is 50.8 Å². The molecule has 1 aromatic rings. The van der Waals surface area contributed by atoms with Gasteiger partial charge in [-0.1, -0.05) is 6.07 Å². The predicted molar refractivity (Wildman–Crippen MR) is 99.8 cm³/mol. The first-order valence-corrected chi connectivity index (χ1v) is 8.86. The first kappa shape index (κ1) is 19.2. The molecule has 24 heavy (non-hydrogen) atoms. The highest BCUT2D eigenvalue weighted by Crippen LogP contribution is 2.30. The summed E-state index contributed by atoms with van der Waals surface area (Å²) < 4.78 is 0. The Kier molecular flexibility index (Phi) is 6.67. The van der Waals surface area contributed by atoms with Gasteiger partial charge in [0, 0.05) is 11.7 Å². The van der Waals surface area contributed by atoms with E-state index in [0.29, 0.717) is 6.04 Å². The van der Waals surface area contributed by atoms with Crippen LogP contribution < -0.4 is 5.32 Å². The van der Waals surface area contributed by atoms with Gasteiger partial charge in [-0.15, -0.1) is 12.4 Å². The SMILES string of the molecule is Cc1cc(C)cc(NC(=O)[C@@H]2CCCN2C2CCC(O)CC2)c1.Cl. The number of nitrogens with one attached hydrogen (secondary N) is 1. The summed E-state index contributed by atoms with van der Waals surface area (Å²) in [5.41, 5.74) is 3.24. The van der Waals surface area contributed by atoms with Gasteiger partial charge < -0.3 is 10.4 Å². The quantitative estimate of drug-likeness (QED) is 0.876. The van der Waals surface area contributed by atoms with Gasteiger partial charge in [0.15, 0.2) is 0 Å². The number of nitrogens with zero attached hydrogens (tertiary/aromatic N) is 1. The maximum Gasteiger partial charge on any atom is 0.241 e. The van der Waals surface area contributed by atoms with Crippen molar-refractivity contribution in [1.29, 1.82) is 0 Å². The molecule has 1 saturated carbocycles. The Balaban J connectivity index is 0.00000208. The normalized spacial score (nSPS) is 27.5. The van der Waals surface area contributed by atoms with E-state index in [2.05, 4.69) is 30.1 Å². The zero-order chi connectivity index (χ0) is 16.4. The molecule has 2 fully saturated rings. The molecule has 0 aromatic heterocycles. The summed E-state index contributed by atoms with van der Waals surface area (Å²) >= 11 is 0.